The minimum Gasteiger partial charge on any atom is -0.479 e. The van der Waals surface area contributed by atoms with Crippen LogP contribution in [0.4, 0.5) is 23.2 Å². The lowest BCUT2D eigenvalue weighted by molar-refractivity contribution is -0.274. The molecule has 5 N–H and O–H groups in total. The quantitative estimate of drug-likeness (QED) is 0.167. The van der Waals surface area contributed by atoms with Crippen LogP contribution in [0.25, 0.3) is 0 Å². The molecule has 0 spiro atoms. The minimum absolute atomic E-state index is 0.293. The van der Waals surface area contributed by atoms with E-state index < -0.39 is 59.7 Å². The summed E-state index contributed by atoms with van der Waals surface area (Å²) in [5.41, 5.74) is 1.09. The molecule has 1 aliphatic rings. The van der Waals surface area contributed by atoms with Crippen molar-refractivity contribution in [1.82, 2.24) is 10.3 Å². The Labute approximate surface area is 258 Å². The van der Waals surface area contributed by atoms with Crippen molar-refractivity contribution in [1.29, 1.82) is 0 Å². The number of ether oxygens (including phenoxy) is 1. The number of nitrogens with one attached hydrogen (secondary N) is 1. The molecule has 1 saturated heterocycles. The lowest BCUT2D eigenvalue weighted by Gasteiger charge is -2.30. The fourth-order valence-electron chi connectivity index (χ4n) is 4.52. The summed E-state index contributed by atoms with van der Waals surface area (Å²) >= 11 is 5.89. The molecule has 0 bridgehead atoms. The highest BCUT2D eigenvalue weighted by molar-refractivity contribution is 6.29. The number of carboxylic acids is 2. The SMILES string of the molecule is CC(C)(N[C@H]1C[C@@H](c2cccc(F)c2)N(c2ccc(OC(F)(F)F)cc2)C1=O)c1ccc(Cl)nc1.O=C(O)C(O)C(O)C(=O)O. The van der Waals surface area contributed by atoms with E-state index in [4.69, 9.17) is 32.0 Å². The highest BCUT2D eigenvalue weighted by Gasteiger charge is 2.43. The van der Waals surface area contributed by atoms with E-state index in [9.17, 15) is 31.9 Å². The van der Waals surface area contributed by atoms with Gasteiger partial charge in [0, 0.05) is 17.4 Å². The van der Waals surface area contributed by atoms with E-state index in [2.05, 4.69) is 15.0 Å². The summed E-state index contributed by atoms with van der Waals surface area (Å²) in [6.45, 7) is 3.79. The molecule has 1 aromatic heterocycles. The molecule has 11 nitrogen and oxygen atoms in total. The van der Waals surface area contributed by atoms with Crippen LogP contribution in [0.3, 0.4) is 0 Å². The number of aliphatic hydroxyl groups excluding tert-OH is 2. The molecule has 16 heteroatoms. The predicted octanol–water partition coefficient (Wildman–Crippen LogP) is 4.02. The molecule has 0 aliphatic carbocycles. The van der Waals surface area contributed by atoms with Gasteiger partial charge in [0.25, 0.3) is 0 Å². The maximum absolute atomic E-state index is 14.0. The first-order chi connectivity index (χ1) is 20.9. The molecule has 2 heterocycles. The molecule has 1 amide bonds. The van der Waals surface area contributed by atoms with E-state index in [1.165, 1.54) is 29.2 Å². The number of alkyl halides is 3. The Morgan fingerprint density at radius 2 is 1.62 bits per heavy atom. The first-order valence-corrected chi connectivity index (χ1v) is 13.4. The molecule has 3 aromatic rings. The summed E-state index contributed by atoms with van der Waals surface area (Å²) in [6.07, 6.45) is -7.43. The monoisotopic (exact) mass is 657 g/mol. The van der Waals surface area contributed by atoms with Crippen molar-refractivity contribution in [3.63, 3.8) is 0 Å². The van der Waals surface area contributed by atoms with E-state index >= 15 is 0 Å². The number of carbonyl (C=O) groups is 3. The van der Waals surface area contributed by atoms with Gasteiger partial charge >= 0.3 is 18.3 Å². The third kappa shape index (κ3) is 9.34. The number of anilines is 1. The summed E-state index contributed by atoms with van der Waals surface area (Å²) in [4.78, 5) is 38.7. The number of hydrogen-bond acceptors (Lipinski definition) is 8. The third-order valence-corrected chi connectivity index (χ3v) is 6.90. The summed E-state index contributed by atoms with van der Waals surface area (Å²) in [7, 11) is 0. The lowest BCUT2D eigenvalue weighted by atomic mass is 9.93. The van der Waals surface area contributed by atoms with Crippen molar-refractivity contribution < 1.29 is 57.1 Å². The summed E-state index contributed by atoms with van der Waals surface area (Å²) < 4.78 is 55.6. The number of amides is 1. The largest absolute Gasteiger partial charge is 0.573 e. The Morgan fingerprint density at radius 1 is 1.02 bits per heavy atom. The second kappa shape index (κ2) is 14.2. The number of aliphatic carboxylic acids is 2. The van der Waals surface area contributed by atoms with E-state index in [0.717, 1.165) is 17.7 Å². The van der Waals surface area contributed by atoms with E-state index in [1.54, 1.807) is 24.4 Å². The van der Waals surface area contributed by atoms with Gasteiger partial charge in [-0.3, -0.25) is 10.1 Å². The van der Waals surface area contributed by atoms with Crippen LogP contribution in [0.2, 0.25) is 5.15 Å². The second-order valence-electron chi connectivity index (χ2n) is 10.3. The van der Waals surface area contributed by atoms with Crippen LogP contribution in [0.15, 0.2) is 66.9 Å². The predicted molar refractivity (Wildman–Crippen MR) is 151 cm³/mol. The highest BCUT2D eigenvalue weighted by Crippen LogP contribution is 2.39. The van der Waals surface area contributed by atoms with Crippen LogP contribution in [0, 0.1) is 5.82 Å². The maximum Gasteiger partial charge on any atom is 0.573 e. The van der Waals surface area contributed by atoms with Crippen LogP contribution in [0.5, 0.6) is 5.75 Å². The smallest absolute Gasteiger partial charge is 0.479 e. The Morgan fingerprint density at radius 3 is 2.11 bits per heavy atom. The molecular weight excluding hydrogens is 630 g/mol. The molecular formula is C29H28ClF4N3O8. The van der Waals surface area contributed by atoms with Crippen molar-refractivity contribution in [3.8, 4) is 5.75 Å². The van der Waals surface area contributed by atoms with Crippen molar-refractivity contribution in [2.75, 3.05) is 4.90 Å². The molecule has 45 heavy (non-hydrogen) atoms. The normalized spacial score (nSPS) is 18.1. The molecule has 2 aromatic carbocycles. The number of pyridine rings is 1. The van der Waals surface area contributed by atoms with Crippen molar-refractivity contribution >= 4 is 35.1 Å². The fraction of sp³-hybridized carbons (Fsp3) is 0.310. The average molecular weight is 658 g/mol. The van der Waals surface area contributed by atoms with Gasteiger partial charge in [0.2, 0.25) is 5.91 Å². The van der Waals surface area contributed by atoms with Crippen LogP contribution in [-0.2, 0) is 19.9 Å². The fourth-order valence-corrected chi connectivity index (χ4v) is 4.63. The molecule has 0 saturated carbocycles. The zero-order valence-corrected chi connectivity index (χ0v) is 24.3. The zero-order valence-electron chi connectivity index (χ0n) is 23.6. The number of carboxylic acid groups (broad SMARTS) is 2. The molecule has 242 valence electrons. The first-order valence-electron chi connectivity index (χ1n) is 13.1. The van der Waals surface area contributed by atoms with Gasteiger partial charge in [-0.2, -0.15) is 0 Å². The molecule has 2 unspecified atom stereocenters. The Bertz CT molecular complexity index is 1490. The van der Waals surface area contributed by atoms with Gasteiger partial charge in [-0.25, -0.2) is 19.0 Å². The van der Waals surface area contributed by atoms with Crippen LogP contribution >= 0.6 is 11.6 Å². The lowest BCUT2D eigenvalue weighted by Crippen LogP contribution is -2.47. The molecule has 4 rings (SSSR count). The van der Waals surface area contributed by atoms with Crippen LogP contribution in [0.1, 0.15) is 37.4 Å². The van der Waals surface area contributed by atoms with E-state index in [-0.39, 0.29) is 5.91 Å². The average Bonchev–Trinajstić information content (AvgIpc) is 3.27. The summed E-state index contributed by atoms with van der Waals surface area (Å²) in [6, 6.07) is 13.2. The number of aliphatic hydroxyl groups is 2. The third-order valence-electron chi connectivity index (χ3n) is 6.68. The van der Waals surface area contributed by atoms with E-state index in [0.29, 0.717) is 22.8 Å². The highest BCUT2D eigenvalue weighted by atomic mass is 35.5. The van der Waals surface area contributed by atoms with Gasteiger partial charge < -0.3 is 30.1 Å². The van der Waals surface area contributed by atoms with Crippen molar-refractivity contribution in [3.05, 3.63) is 89.0 Å². The number of hydrogen-bond donors (Lipinski definition) is 5. The Kier molecular flexibility index (Phi) is 11.1. The zero-order chi connectivity index (χ0) is 33.7. The minimum atomic E-state index is -4.83. The van der Waals surface area contributed by atoms with Crippen molar-refractivity contribution in [2.45, 2.75) is 56.5 Å². The molecule has 0 radical (unpaired) electrons. The number of aromatic nitrogens is 1. The topological polar surface area (TPSA) is 170 Å². The number of rotatable bonds is 9. The summed E-state index contributed by atoms with van der Waals surface area (Å²) in [5.74, 6) is -4.68. The Hall–Kier alpha value is -4.31. The van der Waals surface area contributed by atoms with Crippen molar-refractivity contribution in [2.24, 2.45) is 0 Å². The Balaban J connectivity index is 0.000000477. The maximum atomic E-state index is 14.0. The van der Waals surface area contributed by atoms with Gasteiger partial charge in [-0.1, -0.05) is 29.8 Å². The molecule has 4 atom stereocenters. The van der Waals surface area contributed by atoms with Crippen LogP contribution < -0.4 is 15.0 Å². The van der Waals surface area contributed by atoms with Gasteiger partial charge in [0.05, 0.1) is 12.1 Å². The number of nitrogens with zero attached hydrogens (tertiary/aromatic N) is 2. The second-order valence-corrected chi connectivity index (χ2v) is 10.7. The van der Waals surface area contributed by atoms with Gasteiger partial charge in [0.15, 0.2) is 12.2 Å². The van der Waals surface area contributed by atoms with E-state index in [1.807, 2.05) is 19.9 Å². The van der Waals surface area contributed by atoms with Gasteiger partial charge in [0.1, 0.15) is 16.7 Å². The number of benzene rings is 2. The number of carbonyl (C=O) groups excluding carboxylic acids is 1. The molecule has 1 fully saturated rings. The first kappa shape index (κ1) is 35.2. The van der Waals surface area contributed by atoms with Crippen LogP contribution in [-0.4, -0.2) is 67.9 Å². The summed E-state index contributed by atoms with van der Waals surface area (Å²) in [5, 5.41) is 36.2. The van der Waals surface area contributed by atoms with Gasteiger partial charge in [-0.05, 0) is 73.9 Å². The van der Waals surface area contributed by atoms with Gasteiger partial charge in [-0.15, -0.1) is 13.2 Å². The standard InChI is InChI=1S/C25H22ClF4N3O2.C4H6O6/c1-24(2,16-6-11-22(26)31-14-16)32-20-13-21(15-4-3-5-17(27)12-15)33(23(20)34)18-7-9-19(10-8-18)35-25(28,29)30;5-1(3(7)8)2(6)4(9)10/h3-12,14,20-21,32H,13H2,1-2H3;1-2,5-6H,(H,7,8)(H,9,10)/t20-,21-;/m0./s1. The number of halogens is 5. The molecule has 1 aliphatic heterocycles.